The van der Waals surface area contributed by atoms with E-state index in [0.29, 0.717) is 0 Å². The van der Waals surface area contributed by atoms with Crippen LogP contribution in [0, 0.1) is 17.7 Å². The summed E-state index contributed by atoms with van der Waals surface area (Å²) in [5.41, 5.74) is 0.739. The highest BCUT2D eigenvalue weighted by Crippen LogP contribution is 2.37. The van der Waals surface area contributed by atoms with E-state index in [1.165, 1.54) is 12.5 Å². The molecule has 0 aromatic heterocycles. The lowest BCUT2D eigenvalue weighted by atomic mass is 10.1. The van der Waals surface area contributed by atoms with Gasteiger partial charge in [0.2, 0.25) is 0 Å². The number of hydrogen-bond acceptors (Lipinski definition) is 1. The molecule has 0 amide bonds. The largest absolute Gasteiger partial charge is 0.310 e. The molecule has 3 heteroatoms. The van der Waals surface area contributed by atoms with Crippen molar-refractivity contribution in [3.05, 3.63) is 34.1 Å². The number of hydrogen-bond donors (Lipinski definition) is 1. The number of halogens is 2. The Morgan fingerprint density at radius 3 is 2.88 bits per heavy atom. The SMILES string of the molecule is CC(NCC1CC1C)c1cc(Br)ccc1F. The van der Waals surface area contributed by atoms with Crippen molar-refractivity contribution in [3.63, 3.8) is 0 Å². The summed E-state index contributed by atoms with van der Waals surface area (Å²) in [6, 6.07) is 5.17. The zero-order valence-corrected chi connectivity index (χ0v) is 11.2. The van der Waals surface area contributed by atoms with Crippen LogP contribution in [0.4, 0.5) is 4.39 Å². The maximum Gasteiger partial charge on any atom is 0.128 e. The van der Waals surface area contributed by atoms with E-state index in [1.54, 1.807) is 6.07 Å². The van der Waals surface area contributed by atoms with Crippen LogP contribution in [0.3, 0.4) is 0 Å². The van der Waals surface area contributed by atoms with E-state index in [4.69, 9.17) is 0 Å². The van der Waals surface area contributed by atoms with Crippen molar-refractivity contribution in [3.8, 4) is 0 Å². The van der Waals surface area contributed by atoms with Gasteiger partial charge >= 0.3 is 0 Å². The first-order valence-electron chi connectivity index (χ1n) is 5.76. The molecule has 1 aliphatic rings. The Kier molecular flexibility index (Phi) is 3.65. The van der Waals surface area contributed by atoms with Gasteiger partial charge < -0.3 is 5.32 Å². The van der Waals surface area contributed by atoms with Crippen molar-refractivity contribution >= 4 is 15.9 Å². The minimum Gasteiger partial charge on any atom is -0.310 e. The fourth-order valence-corrected chi connectivity index (χ4v) is 2.35. The second kappa shape index (κ2) is 4.84. The van der Waals surface area contributed by atoms with Gasteiger partial charge in [-0.25, -0.2) is 4.39 Å². The molecule has 3 atom stereocenters. The molecule has 0 spiro atoms. The van der Waals surface area contributed by atoms with E-state index < -0.39 is 0 Å². The fraction of sp³-hybridized carbons (Fsp3) is 0.538. The fourth-order valence-electron chi connectivity index (χ4n) is 1.97. The Balaban J connectivity index is 1.96. The Labute approximate surface area is 105 Å². The summed E-state index contributed by atoms with van der Waals surface area (Å²) in [6.45, 7) is 5.27. The lowest BCUT2D eigenvalue weighted by molar-refractivity contribution is 0.506. The van der Waals surface area contributed by atoms with Crippen LogP contribution < -0.4 is 5.32 Å². The summed E-state index contributed by atoms with van der Waals surface area (Å²) in [4.78, 5) is 0. The van der Waals surface area contributed by atoms with Crippen molar-refractivity contribution < 1.29 is 4.39 Å². The standard InChI is InChI=1S/C13H17BrFN/c1-8-5-10(8)7-16-9(2)12-6-11(14)3-4-13(12)15/h3-4,6,8-10,16H,5,7H2,1-2H3. The maximum absolute atomic E-state index is 13.6. The van der Waals surface area contributed by atoms with Gasteiger partial charge in [0.05, 0.1) is 0 Å². The Hall–Kier alpha value is -0.410. The zero-order valence-electron chi connectivity index (χ0n) is 9.63. The molecule has 0 saturated heterocycles. The average molecular weight is 286 g/mol. The second-order valence-electron chi connectivity index (χ2n) is 4.77. The van der Waals surface area contributed by atoms with E-state index in [2.05, 4.69) is 28.2 Å². The number of benzene rings is 1. The van der Waals surface area contributed by atoms with Gasteiger partial charge in [-0.05, 0) is 49.9 Å². The van der Waals surface area contributed by atoms with Gasteiger partial charge in [0.1, 0.15) is 5.82 Å². The predicted octanol–water partition coefficient (Wildman–Crippen LogP) is 3.89. The third-order valence-electron chi connectivity index (χ3n) is 3.39. The van der Waals surface area contributed by atoms with Gasteiger partial charge in [0.25, 0.3) is 0 Å². The van der Waals surface area contributed by atoms with E-state index in [9.17, 15) is 4.39 Å². The molecule has 0 heterocycles. The summed E-state index contributed by atoms with van der Waals surface area (Å²) >= 11 is 3.37. The molecular weight excluding hydrogens is 269 g/mol. The summed E-state index contributed by atoms with van der Waals surface area (Å²) in [6.07, 6.45) is 1.31. The van der Waals surface area contributed by atoms with Crippen molar-refractivity contribution in [1.82, 2.24) is 5.32 Å². The van der Waals surface area contributed by atoms with Crippen LogP contribution >= 0.6 is 15.9 Å². The van der Waals surface area contributed by atoms with Gasteiger partial charge in [0.15, 0.2) is 0 Å². The van der Waals surface area contributed by atoms with Crippen LogP contribution in [0.15, 0.2) is 22.7 Å². The third-order valence-corrected chi connectivity index (χ3v) is 3.88. The highest BCUT2D eigenvalue weighted by molar-refractivity contribution is 9.10. The zero-order chi connectivity index (χ0) is 11.7. The van der Waals surface area contributed by atoms with Crippen LogP contribution in [0.2, 0.25) is 0 Å². The first-order chi connectivity index (χ1) is 7.58. The Morgan fingerprint density at radius 1 is 1.56 bits per heavy atom. The van der Waals surface area contributed by atoms with E-state index in [1.807, 2.05) is 13.0 Å². The highest BCUT2D eigenvalue weighted by Gasteiger charge is 2.32. The summed E-state index contributed by atoms with van der Waals surface area (Å²) < 4.78 is 14.5. The molecular formula is C13H17BrFN. The monoisotopic (exact) mass is 285 g/mol. The normalized spacial score (nSPS) is 25.5. The summed E-state index contributed by atoms with van der Waals surface area (Å²) in [7, 11) is 0. The molecule has 1 aromatic rings. The van der Waals surface area contributed by atoms with Gasteiger partial charge in [-0.1, -0.05) is 22.9 Å². The molecule has 0 bridgehead atoms. The molecule has 88 valence electrons. The Morgan fingerprint density at radius 2 is 2.25 bits per heavy atom. The van der Waals surface area contributed by atoms with Crippen LogP contribution in [0.1, 0.15) is 31.9 Å². The van der Waals surface area contributed by atoms with Crippen LogP contribution in [0.5, 0.6) is 0 Å². The number of rotatable bonds is 4. The van der Waals surface area contributed by atoms with Crippen LogP contribution in [-0.4, -0.2) is 6.54 Å². The van der Waals surface area contributed by atoms with Crippen molar-refractivity contribution in [2.45, 2.75) is 26.3 Å². The van der Waals surface area contributed by atoms with Crippen LogP contribution in [-0.2, 0) is 0 Å². The molecule has 1 aliphatic carbocycles. The molecule has 1 saturated carbocycles. The van der Waals surface area contributed by atoms with E-state index in [-0.39, 0.29) is 11.9 Å². The second-order valence-corrected chi connectivity index (χ2v) is 5.68. The van der Waals surface area contributed by atoms with E-state index >= 15 is 0 Å². The summed E-state index contributed by atoms with van der Waals surface area (Å²) in [5.74, 6) is 1.50. The molecule has 0 aliphatic heterocycles. The minimum atomic E-state index is -0.132. The molecule has 0 radical (unpaired) electrons. The Bertz CT molecular complexity index is 380. The lowest BCUT2D eigenvalue weighted by Gasteiger charge is -2.15. The lowest BCUT2D eigenvalue weighted by Crippen LogP contribution is -2.22. The molecule has 16 heavy (non-hydrogen) atoms. The molecule has 3 unspecified atom stereocenters. The first kappa shape index (κ1) is 12.1. The predicted molar refractivity (Wildman–Crippen MR) is 67.8 cm³/mol. The molecule has 1 N–H and O–H groups in total. The minimum absolute atomic E-state index is 0.0744. The van der Waals surface area contributed by atoms with Gasteiger partial charge in [-0.3, -0.25) is 0 Å². The average Bonchev–Trinajstić information content (AvgIpc) is 2.95. The maximum atomic E-state index is 13.6. The van der Waals surface area contributed by atoms with Crippen molar-refractivity contribution in [2.24, 2.45) is 11.8 Å². The van der Waals surface area contributed by atoms with Crippen molar-refractivity contribution in [2.75, 3.05) is 6.54 Å². The highest BCUT2D eigenvalue weighted by atomic mass is 79.9. The summed E-state index contributed by atoms with van der Waals surface area (Å²) in [5, 5.41) is 3.40. The number of nitrogens with one attached hydrogen (secondary N) is 1. The third kappa shape index (κ3) is 2.83. The van der Waals surface area contributed by atoms with E-state index in [0.717, 1.165) is 28.4 Å². The van der Waals surface area contributed by atoms with Crippen molar-refractivity contribution in [1.29, 1.82) is 0 Å². The smallest absolute Gasteiger partial charge is 0.128 e. The molecule has 1 fully saturated rings. The molecule has 1 aromatic carbocycles. The van der Waals surface area contributed by atoms with Gasteiger partial charge in [-0.2, -0.15) is 0 Å². The molecule has 1 nitrogen and oxygen atoms in total. The quantitative estimate of drug-likeness (QED) is 0.885. The van der Waals surface area contributed by atoms with Gasteiger partial charge in [-0.15, -0.1) is 0 Å². The first-order valence-corrected chi connectivity index (χ1v) is 6.55. The van der Waals surface area contributed by atoms with Gasteiger partial charge in [0, 0.05) is 16.1 Å². The topological polar surface area (TPSA) is 12.0 Å². The molecule has 2 rings (SSSR count). The van der Waals surface area contributed by atoms with Crippen LogP contribution in [0.25, 0.3) is 0 Å².